The smallest absolute Gasteiger partial charge is 0.303 e. The van der Waals surface area contributed by atoms with Crippen LogP contribution < -0.4 is 0 Å². The second-order valence-corrected chi connectivity index (χ2v) is 6.44. The number of hydrogen-bond acceptors (Lipinski definition) is 3. The van der Waals surface area contributed by atoms with Crippen LogP contribution in [0.25, 0.3) is 5.69 Å². The van der Waals surface area contributed by atoms with Gasteiger partial charge in [0.15, 0.2) is 0 Å². The molecule has 1 fully saturated rings. The van der Waals surface area contributed by atoms with E-state index < -0.39 is 24.2 Å². The number of aliphatic carboxylic acids is 1. The van der Waals surface area contributed by atoms with Crippen molar-refractivity contribution in [3.63, 3.8) is 0 Å². The molecule has 1 N–H and O–H groups in total. The zero-order chi connectivity index (χ0) is 17.9. The molecule has 7 heteroatoms. The fourth-order valence-electron chi connectivity index (χ4n) is 3.27. The number of hydrogen-bond donors (Lipinski definition) is 1. The lowest BCUT2D eigenvalue weighted by atomic mass is 9.93. The van der Waals surface area contributed by atoms with Crippen LogP contribution in [-0.2, 0) is 11.3 Å². The van der Waals surface area contributed by atoms with Gasteiger partial charge in [0.05, 0.1) is 17.8 Å². The van der Waals surface area contributed by atoms with Crippen LogP contribution in [0, 0.1) is 5.92 Å². The van der Waals surface area contributed by atoms with Gasteiger partial charge < -0.3 is 5.11 Å². The van der Waals surface area contributed by atoms with Crippen molar-refractivity contribution >= 4 is 5.97 Å². The van der Waals surface area contributed by atoms with E-state index in [1.807, 2.05) is 41.3 Å². The highest BCUT2D eigenvalue weighted by Gasteiger charge is 2.42. The Morgan fingerprint density at radius 3 is 2.72 bits per heavy atom. The highest BCUT2D eigenvalue weighted by Crippen LogP contribution is 2.36. The van der Waals surface area contributed by atoms with Crippen molar-refractivity contribution in [1.29, 1.82) is 0 Å². The number of nitrogens with zero attached hydrogens (tertiary/aromatic N) is 3. The molecule has 0 bridgehead atoms. The number of aromatic nitrogens is 2. The number of para-hydroxylation sites is 1. The van der Waals surface area contributed by atoms with Gasteiger partial charge in [-0.25, -0.2) is 13.5 Å². The lowest BCUT2D eigenvalue weighted by Gasteiger charge is -2.22. The summed E-state index contributed by atoms with van der Waals surface area (Å²) < 4.78 is 30.2. The number of benzene rings is 1. The third-order valence-electron chi connectivity index (χ3n) is 4.68. The normalized spacial score (nSPS) is 21.0. The zero-order valence-electron chi connectivity index (χ0n) is 13.8. The molecule has 1 atom stereocenters. The van der Waals surface area contributed by atoms with Gasteiger partial charge in [-0.05, 0) is 31.2 Å². The third kappa shape index (κ3) is 4.22. The van der Waals surface area contributed by atoms with E-state index in [0.29, 0.717) is 13.1 Å². The first-order chi connectivity index (χ1) is 12.0. The largest absolute Gasteiger partial charge is 0.481 e. The Balaban J connectivity index is 1.71. The lowest BCUT2D eigenvalue weighted by Crippen LogP contribution is -2.30. The van der Waals surface area contributed by atoms with Crippen molar-refractivity contribution in [3.05, 3.63) is 48.3 Å². The number of rotatable bonds is 5. The molecular formula is C18H21F2N3O2. The summed E-state index contributed by atoms with van der Waals surface area (Å²) in [5.74, 6) is -5.21. The van der Waals surface area contributed by atoms with Crippen LogP contribution in [0.2, 0.25) is 0 Å². The summed E-state index contributed by atoms with van der Waals surface area (Å²) in [6.07, 6.45) is 1.08. The van der Waals surface area contributed by atoms with E-state index in [1.54, 1.807) is 10.9 Å². The average molecular weight is 349 g/mol. The van der Waals surface area contributed by atoms with Gasteiger partial charge in [-0.15, -0.1) is 0 Å². The Hall–Kier alpha value is -2.28. The van der Waals surface area contributed by atoms with Crippen molar-refractivity contribution in [1.82, 2.24) is 14.7 Å². The Labute approximate surface area is 144 Å². The van der Waals surface area contributed by atoms with Crippen molar-refractivity contribution in [2.75, 3.05) is 13.1 Å². The first kappa shape index (κ1) is 17.5. The lowest BCUT2D eigenvalue weighted by molar-refractivity contribution is -0.143. The molecule has 2 heterocycles. The number of halogens is 2. The van der Waals surface area contributed by atoms with Gasteiger partial charge in [-0.3, -0.25) is 9.69 Å². The van der Waals surface area contributed by atoms with Crippen molar-refractivity contribution < 1.29 is 18.7 Å². The number of carbonyl (C=O) groups is 1. The Morgan fingerprint density at radius 2 is 2.00 bits per heavy atom. The van der Waals surface area contributed by atoms with Gasteiger partial charge in [0.25, 0.3) is 5.92 Å². The quantitative estimate of drug-likeness (QED) is 0.901. The topological polar surface area (TPSA) is 58.4 Å². The molecule has 1 saturated heterocycles. The van der Waals surface area contributed by atoms with Gasteiger partial charge in [0.1, 0.15) is 0 Å². The fraction of sp³-hybridized carbons (Fsp3) is 0.444. The van der Waals surface area contributed by atoms with E-state index in [-0.39, 0.29) is 19.4 Å². The molecule has 2 aromatic rings. The molecule has 1 aromatic carbocycles. The molecule has 0 spiro atoms. The van der Waals surface area contributed by atoms with Crippen molar-refractivity contribution in [2.45, 2.75) is 31.7 Å². The van der Waals surface area contributed by atoms with E-state index in [9.17, 15) is 13.6 Å². The molecule has 1 aromatic heterocycles. The van der Waals surface area contributed by atoms with Crippen LogP contribution in [-0.4, -0.2) is 44.8 Å². The molecule has 1 aliphatic rings. The fourth-order valence-corrected chi connectivity index (χ4v) is 3.27. The Morgan fingerprint density at radius 1 is 1.24 bits per heavy atom. The molecule has 1 unspecified atom stereocenters. The molecule has 25 heavy (non-hydrogen) atoms. The van der Waals surface area contributed by atoms with Crippen LogP contribution >= 0.6 is 0 Å². The molecule has 1 aliphatic heterocycles. The number of carboxylic acids is 1. The van der Waals surface area contributed by atoms with Crippen LogP contribution in [0.3, 0.4) is 0 Å². The number of alkyl halides is 2. The van der Waals surface area contributed by atoms with Gasteiger partial charge in [0.2, 0.25) is 0 Å². The summed E-state index contributed by atoms with van der Waals surface area (Å²) in [5.41, 5.74) is 1.85. The van der Waals surface area contributed by atoms with E-state index >= 15 is 0 Å². The monoisotopic (exact) mass is 349 g/mol. The third-order valence-corrected chi connectivity index (χ3v) is 4.68. The molecule has 0 amide bonds. The van der Waals surface area contributed by atoms with Crippen LogP contribution in [0.4, 0.5) is 8.78 Å². The van der Waals surface area contributed by atoms with Crippen molar-refractivity contribution in [2.24, 2.45) is 5.92 Å². The van der Waals surface area contributed by atoms with Crippen LogP contribution in [0.5, 0.6) is 0 Å². The second kappa shape index (κ2) is 7.31. The molecule has 0 aliphatic carbocycles. The van der Waals surface area contributed by atoms with E-state index in [4.69, 9.17) is 5.11 Å². The SMILES string of the molecule is O=C(O)CC1CCN(Cc2ccnn2-c2ccccc2)CCC1(F)F. The van der Waals surface area contributed by atoms with Crippen LogP contribution in [0.1, 0.15) is 25.0 Å². The summed E-state index contributed by atoms with van der Waals surface area (Å²) in [7, 11) is 0. The molecule has 0 radical (unpaired) electrons. The summed E-state index contributed by atoms with van der Waals surface area (Å²) in [4.78, 5) is 12.8. The second-order valence-electron chi connectivity index (χ2n) is 6.44. The predicted molar refractivity (Wildman–Crippen MR) is 88.8 cm³/mol. The van der Waals surface area contributed by atoms with Crippen LogP contribution in [0.15, 0.2) is 42.6 Å². The minimum Gasteiger partial charge on any atom is -0.481 e. The van der Waals surface area contributed by atoms with Gasteiger partial charge in [-0.1, -0.05) is 18.2 Å². The molecule has 134 valence electrons. The van der Waals surface area contributed by atoms with E-state index in [1.165, 1.54) is 0 Å². The summed E-state index contributed by atoms with van der Waals surface area (Å²) in [6.45, 7) is 1.20. The predicted octanol–water partition coefficient (Wildman–Crippen LogP) is 3.19. The minimum atomic E-state index is -2.94. The van der Waals surface area contributed by atoms with Crippen molar-refractivity contribution in [3.8, 4) is 5.69 Å². The van der Waals surface area contributed by atoms with E-state index in [0.717, 1.165) is 11.4 Å². The van der Waals surface area contributed by atoms with Gasteiger partial charge in [-0.2, -0.15) is 5.10 Å². The highest BCUT2D eigenvalue weighted by atomic mass is 19.3. The molecule has 3 rings (SSSR count). The summed E-state index contributed by atoms with van der Waals surface area (Å²) in [6, 6.07) is 11.5. The highest BCUT2D eigenvalue weighted by molar-refractivity contribution is 5.67. The number of likely N-dealkylation sites (tertiary alicyclic amines) is 1. The standard InChI is InChI=1S/C18H21F2N3O2/c19-18(20)8-11-22(10-7-14(18)12-17(24)25)13-16-6-9-21-23(16)15-4-2-1-3-5-15/h1-6,9,14H,7-8,10-13H2,(H,24,25). The van der Waals surface area contributed by atoms with E-state index in [2.05, 4.69) is 5.10 Å². The average Bonchev–Trinajstić information content (AvgIpc) is 2.99. The maximum absolute atomic E-state index is 14.2. The maximum atomic E-state index is 14.2. The Bertz CT molecular complexity index is 718. The summed E-state index contributed by atoms with van der Waals surface area (Å²) >= 11 is 0. The number of carboxylic acid groups (broad SMARTS) is 1. The first-order valence-corrected chi connectivity index (χ1v) is 8.36. The molecule has 5 nitrogen and oxygen atoms in total. The summed E-state index contributed by atoms with van der Waals surface area (Å²) in [5, 5.41) is 13.2. The zero-order valence-corrected chi connectivity index (χ0v) is 13.8. The van der Waals surface area contributed by atoms with Gasteiger partial charge >= 0.3 is 5.97 Å². The molecule has 0 saturated carbocycles. The Kier molecular flexibility index (Phi) is 5.13. The van der Waals surface area contributed by atoms with Gasteiger partial charge in [0, 0.05) is 31.6 Å². The minimum absolute atomic E-state index is 0.179. The molecular weight excluding hydrogens is 328 g/mol. The first-order valence-electron chi connectivity index (χ1n) is 8.36. The maximum Gasteiger partial charge on any atom is 0.303 e.